The van der Waals surface area contributed by atoms with Crippen LogP contribution in [0, 0.1) is 17.0 Å². The molecule has 0 fully saturated rings. The van der Waals surface area contributed by atoms with Crippen LogP contribution in [0.2, 0.25) is 0 Å². The van der Waals surface area contributed by atoms with Crippen molar-refractivity contribution in [2.24, 2.45) is 0 Å². The van der Waals surface area contributed by atoms with E-state index in [2.05, 4.69) is 36.6 Å². The van der Waals surface area contributed by atoms with Crippen molar-refractivity contribution in [3.63, 3.8) is 0 Å². The second-order valence-corrected chi connectivity index (χ2v) is 6.43. The summed E-state index contributed by atoms with van der Waals surface area (Å²) in [5.74, 6) is -0.826. The van der Waals surface area contributed by atoms with Crippen LogP contribution in [0.1, 0.15) is 21.6 Å². The Hall–Kier alpha value is -4.42. The molecule has 0 aliphatic carbocycles. The van der Waals surface area contributed by atoms with E-state index in [0.29, 0.717) is 6.54 Å². The van der Waals surface area contributed by atoms with Gasteiger partial charge in [-0.25, -0.2) is 14.3 Å². The number of aromatic nitrogens is 8. The van der Waals surface area contributed by atoms with Crippen molar-refractivity contribution in [2.45, 2.75) is 20.1 Å². The van der Waals surface area contributed by atoms with Gasteiger partial charge in [0, 0.05) is 11.3 Å². The molecular weight excluding hydrogens is 392 g/mol. The Balaban J connectivity index is 1.37. The maximum absolute atomic E-state index is 12.4. The van der Waals surface area contributed by atoms with Crippen molar-refractivity contribution in [3.05, 3.63) is 76.1 Å². The van der Waals surface area contributed by atoms with Crippen LogP contribution in [-0.2, 0) is 13.2 Å². The molecule has 0 spiro atoms. The lowest BCUT2D eigenvalue weighted by atomic mass is 10.1. The zero-order valence-electron chi connectivity index (χ0n) is 15.8. The third-order valence-electron chi connectivity index (χ3n) is 4.04. The van der Waals surface area contributed by atoms with Crippen molar-refractivity contribution in [3.8, 4) is 0 Å². The van der Waals surface area contributed by atoms with E-state index >= 15 is 0 Å². The molecule has 0 saturated carbocycles. The van der Waals surface area contributed by atoms with E-state index in [4.69, 9.17) is 0 Å². The van der Waals surface area contributed by atoms with Gasteiger partial charge in [-0.2, -0.15) is 9.78 Å². The molecule has 13 nitrogen and oxygen atoms in total. The molecule has 152 valence electrons. The zero-order chi connectivity index (χ0) is 21.1. The Morgan fingerprint density at radius 3 is 2.70 bits per heavy atom. The molecule has 1 N–H and O–H groups in total. The number of anilines is 1. The van der Waals surface area contributed by atoms with E-state index in [9.17, 15) is 14.9 Å². The number of rotatable bonds is 7. The van der Waals surface area contributed by atoms with Crippen molar-refractivity contribution < 1.29 is 9.72 Å². The molecule has 3 heterocycles. The van der Waals surface area contributed by atoms with Gasteiger partial charge in [0.25, 0.3) is 5.91 Å². The molecule has 4 rings (SSSR count). The van der Waals surface area contributed by atoms with Gasteiger partial charge in [0.05, 0.1) is 6.54 Å². The second kappa shape index (κ2) is 7.90. The molecule has 0 unspecified atom stereocenters. The lowest BCUT2D eigenvalue weighted by Gasteiger charge is -2.02. The predicted octanol–water partition coefficient (Wildman–Crippen LogP) is 1.09. The van der Waals surface area contributed by atoms with Crippen molar-refractivity contribution in [2.75, 3.05) is 5.32 Å². The molecule has 0 aliphatic rings. The SMILES string of the molecule is Cc1cccc(Cn2cnc(NC(=O)c3ccn(Cn4cnc([N+](=O)[O-])n4)n3)n2)c1. The van der Waals surface area contributed by atoms with Crippen LogP contribution in [-0.4, -0.2) is 50.1 Å². The van der Waals surface area contributed by atoms with Crippen molar-refractivity contribution >= 4 is 17.8 Å². The Morgan fingerprint density at radius 1 is 1.10 bits per heavy atom. The quantitative estimate of drug-likeness (QED) is 0.352. The summed E-state index contributed by atoms with van der Waals surface area (Å²) in [4.78, 5) is 30.0. The highest BCUT2D eigenvalue weighted by Gasteiger charge is 2.15. The summed E-state index contributed by atoms with van der Waals surface area (Å²) < 4.78 is 4.26. The predicted molar refractivity (Wildman–Crippen MR) is 103 cm³/mol. The summed E-state index contributed by atoms with van der Waals surface area (Å²) in [6.45, 7) is 2.61. The maximum atomic E-state index is 12.4. The molecule has 13 heteroatoms. The van der Waals surface area contributed by atoms with Gasteiger partial charge in [0.2, 0.25) is 12.3 Å². The number of hydrogen-bond donors (Lipinski definition) is 1. The molecule has 0 radical (unpaired) electrons. The largest absolute Gasteiger partial charge is 0.491 e. The number of nitrogens with zero attached hydrogens (tertiary/aromatic N) is 9. The van der Waals surface area contributed by atoms with E-state index in [0.717, 1.165) is 11.1 Å². The van der Waals surface area contributed by atoms with Gasteiger partial charge in [0.15, 0.2) is 12.4 Å². The fourth-order valence-electron chi connectivity index (χ4n) is 2.74. The zero-order valence-corrected chi connectivity index (χ0v) is 15.8. The standard InChI is InChI=1S/C17H16N10O3/c1-12-3-2-4-13(7-12)8-25-9-18-16(22-25)20-15(28)14-5-6-24(21-14)11-26-10-19-17(23-26)27(29)30/h2-7,9-10H,8,11H2,1H3,(H,20,22,28). The van der Waals surface area contributed by atoms with Crippen LogP contribution in [0.4, 0.5) is 11.9 Å². The minimum absolute atomic E-state index is 0.0670. The van der Waals surface area contributed by atoms with Gasteiger partial charge >= 0.3 is 5.95 Å². The summed E-state index contributed by atoms with van der Waals surface area (Å²) in [7, 11) is 0. The molecular formula is C17H16N10O3. The first-order chi connectivity index (χ1) is 14.5. The molecule has 3 aromatic heterocycles. The lowest BCUT2D eigenvalue weighted by molar-refractivity contribution is -0.394. The number of carbonyl (C=O) groups is 1. The van der Waals surface area contributed by atoms with E-state index in [1.807, 2.05) is 25.1 Å². The Labute approximate surface area is 169 Å². The minimum Gasteiger partial charge on any atom is -0.390 e. The highest BCUT2D eigenvalue weighted by Crippen LogP contribution is 2.08. The molecule has 0 bridgehead atoms. The average Bonchev–Trinajstić information content (AvgIpc) is 3.44. The number of hydrogen-bond acceptors (Lipinski definition) is 8. The maximum Gasteiger partial charge on any atom is 0.491 e. The van der Waals surface area contributed by atoms with Crippen LogP contribution in [0.5, 0.6) is 0 Å². The Bertz CT molecular complexity index is 1210. The summed E-state index contributed by atoms with van der Waals surface area (Å²) in [6.07, 6.45) is 4.30. The third kappa shape index (κ3) is 4.35. The fraction of sp³-hybridized carbons (Fsp3) is 0.176. The molecule has 4 aromatic rings. The van der Waals surface area contributed by atoms with Crippen LogP contribution < -0.4 is 5.32 Å². The number of benzene rings is 1. The molecule has 0 aliphatic heterocycles. The van der Waals surface area contributed by atoms with Gasteiger partial charge in [-0.3, -0.25) is 10.1 Å². The topological polar surface area (TPSA) is 151 Å². The summed E-state index contributed by atoms with van der Waals surface area (Å²) in [6, 6.07) is 9.53. The van der Waals surface area contributed by atoms with Gasteiger partial charge in [-0.15, -0.1) is 5.10 Å². The van der Waals surface area contributed by atoms with E-state index in [1.165, 1.54) is 28.1 Å². The summed E-state index contributed by atoms with van der Waals surface area (Å²) in [5, 5.41) is 25.3. The van der Waals surface area contributed by atoms with Crippen LogP contribution in [0.3, 0.4) is 0 Å². The minimum atomic E-state index is -0.691. The monoisotopic (exact) mass is 408 g/mol. The summed E-state index contributed by atoms with van der Waals surface area (Å²) >= 11 is 0. The third-order valence-corrected chi connectivity index (χ3v) is 4.04. The van der Waals surface area contributed by atoms with E-state index in [-0.39, 0.29) is 18.3 Å². The lowest BCUT2D eigenvalue weighted by Crippen LogP contribution is -2.16. The van der Waals surface area contributed by atoms with Crippen LogP contribution in [0.15, 0.2) is 49.2 Å². The van der Waals surface area contributed by atoms with Crippen LogP contribution >= 0.6 is 0 Å². The number of nitro groups is 1. The number of nitrogens with one attached hydrogen (secondary N) is 1. The first kappa shape index (κ1) is 18.9. The molecule has 30 heavy (non-hydrogen) atoms. The fourth-order valence-corrected chi connectivity index (χ4v) is 2.74. The summed E-state index contributed by atoms with van der Waals surface area (Å²) in [5.41, 5.74) is 2.36. The van der Waals surface area contributed by atoms with Gasteiger partial charge in [-0.05, 0) is 23.5 Å². The highest BCUT2D eigenvalue weighted by atomic mass is 16.6. The first-order valence-corrected chi connectivity index (χ1v) is 8.80. The normalized spacial score (nSPS) is 10.8. The highest BCUT2D eigenvalue weighted by molar-refractivity contribution is 6.01. The second-order valence-electron chi connectivity index (χ2n) is 6.43. The van der Waals surface area contributed by atoms with Gasteiger partial charge in [-0.1, -0.05) is 34.8 Å². The van der Waals surface area contributed by atoms with Crippen molar-refractivity contribution in [1.29, 1.82) is 0 Å². The smallest absolute Gasteiger partial charge is 0.390 e. The van der Waals surface area contributed by atoms with E-state index in [1.54, 1.807) is 10.9 Å². The van der Waals surface area contributed by atoms with Gasteiger partial charge in [0.1, 0.15) is 6.33 Å². The first-order valence-electron chi connectivity index (χ1n) is 8.80. The van der Waals surface area contributed by atoms with Crippen molar-refractivity contribution in [1.82, 2.24) is 39.3 Å². The van der Waals surface area contributed by atoms with Gasteiger partial charge < -0.3 is 10.1 Å². The van der Waals surface area contributed by atoms with E-state index < -0.39 is 16.8 Å². The number of carbonyl (C=O) groups excluding carboxylic acids is 1. The number of amides is 1. The molecule has 0 atom stereocenters. The average molecular weight is 408 g/mol. The number of aryl methyl sites for hydroxylation is 1. The molecule has 1 aromatic carbocycles. The Kier molecular flexibility index (Phi) is 4.99. The Morgan fingerprint density at radius 2 is 1.93 bits per heavy atom. The van der Waals surface area contributed by atoms with Crippen LogP contribution in [0.25, 0.3) is 0 Å². The molecule has 1 amide bonds. The molecule has 0 saturated heterocycles.